The average molecular weight is 330 g/mol. The Hall–Kier alpha value is -1.92. The van der Waals surface area contributed by atoms with Crippen molar-refractivity contribution in [1.29, 1.82) is 0 Å². The van der Waals surface area contributed by atoms with Gasteiger partial charge in [-0.3, -0.25) is 4.79 Å². The van der Waals surface area contributed by atoms with E-state index in [2.05, 4.69) is 10.3 Å². The van der Waals surface area contributed by atoms with E-state index in [-0.39, 0.29) is 18.1 Å². The maximum atomic E-state index is 12.4. The molecule has 2 aliphatic heterocycles. The van der Waals surface area contributed by atoms with Crippen LogP contribution in [0.25, 0.3) is 0 Å². The van der Waals surface area contributed by atoms with Gasteiger partial charge >= 0.3 is 0 Å². The minimum absolute atomic E-state index is 0.0229. The Morgan fingerprint density at radius 2 is 2.26 bits per heavy atom. The number of amides is 1. The molecule has 0 aliphatic carbocycles. The van der Waals surface area contributed by atoms with E-state index in [0.717, 1.165) is 42.2 Å². The van der Waals surface area contributed by atoms with Gasteiger partial charge in [-0.25, -0.2) is 4.98 Å². The number of hydrogen-bond acceptors (Lipinski definition) is 5. The highest BCUT2D eigenvalue weighted by molar-refractivity contribution is 7.09. The van der Waals surface area contributed by atoms with Crippen LogP contribution < -0.4 is 10.1 Å². The summed E-state index contributed by atoms with van der Waals surface area (Å²) in [6.07, 6.45) is 2.89. The largest absolute Gasteiger partial charge is 0.491 e. The Labute approximate surface area is 138 Å². The molecule has 1 fully saturated rings. The maximum Gasteiger partial charge on any atom is 0.271 e. The molecule has 1 aromatic heterocycles. The zero-order valence-corrected chi connectivity index (χ0v) is 13.5. The first kappa shape index (κ1) is 14.7. The molecule has 4 rings (SSSR count). The van der Waals surface area contributed by atoms with Crippen molar-refractivity contribution in [2.45, 2.75) is 31.4 Å². The molecule has 2 aliphatic rings. The molecule has 0 spiro atoms. The van der Waals surface area contributed by atoms with Gasteiger partial charge in [-0.1, -0.05) is 18.2 Å². The van der Waals surface area contributed by atoms with Crippen molar-refractivity contribution in [3.63, 3.8) is 0 Å². The molecule has 2 atom stereocenters. The van der Waals surface area contributed by atoms with Crippen molar-refractivity contribution in [1.82, 2.24) is 10.3 Å². The number of ether oxygens (including phenoxy) is 2. The van der Waals surface area contributed by atoms with Crippen LogP contribution in [0.15, 0.2) is 29.6 Å². The first-order valence-electron chi connectivity index (χ1n) is 7.88. The first-order valence-corrected chi connectivity index (χ1v) is 8.76. The van der Waals surface area contributed by atoms with Crippen molar-refractivity contribution in [3.8, 4) is 5.75 Å². The second-order valence-corrected chi connectivity index (χ2v) is 6.76. The number of nitrogens with one attached hydrogen (secondary N) is 1. The summed E-state index contributed by atoms with van der Waals surface area (Å²) < 4.78 is 11.3. The Morgan fingerprint density at radius 1 is 1.35 bits per heavy atom. The van der Waals surface area contributed by atoms with Crippen LogP contribution in [0.1, 0.15) is 40.0 Å². The van der Waals surface area contributed by atoms with Crippen molar-refractivity contribution in [2.75, 3.05) is 13.2 Å². The van der Waals surface area contributed by atoms with E-state index < -0.39 is 0 Å². The standard InChI is InChI=1S/C17H18N2O3S/c20-16(13-10-23-17(19-13)15-6-3-7-21-15)18-12-8-11-4-1-2-5-14(11)22-9-12/h1-2,4-5,10,12,15H,3,6-9H2,(H,18,20)/t12-,15-/m0/s1. The molecule has 120 valence electrons. The summed E-state index contributed by atoms with van der Waals surface area (Å²) in [5.41, 5.74) is 1.60. The lowest BCUT2D eigenvalue weighted by Gasteiger charge is -2.25. The average Bonchev–Trinajstić information content (AvgIpc) is 3.26. The van der Waals surface area contributed by atoms with Gasteiger partial charge < -0.3 is 14.8 Å². The second-order valence-electron chi connectivity index (χ2n) is 5.87. The van der Waals surface area contributed by atoms with Crippen LogP contribution >= 0.6 is 11.3 Å². The van der Waals surface area contributed by atoms with E-state index in [0.29, 0.717) is 12.3 Å². The summed E-state index contributed by atoms with van der Waals surface area (Å²) in [4.78, 5) is 16.8. The Balaban J connectivity index is 1.40. The molecular formula is C17H18N2O3S. The lowest BCUT2D eigenvalue weighted by molar-refractivity contribution is 0.0908. The molecule has 1 amide bonds. The first-order chi connectivity index (χ1) is 11.3. The second kappa shape index (κ2) is 6.29. The molecule has 1 saturated heterocycles. The summed E-state index contributed by atoms with van der Waals surface area (Å²) in [7, 11) is 0. The van der Waals surface area contributed by atoms with Gasteiger partial charge in [0.05, 0.1) is 6.04 Å². The third kappa shape index (κ3) is 3.09. The molecule has 3 heterocycles. The number of thiazole rings is 1. The van der Waals surface area contributed by atoms with Crippen molar-refractivity contribution in [2.24, 2.45) is 0 Å². The van der Waals surface area contributed by atoms with E-state index in [4.69, 9.17) is 9.47 Å². The van der Waals surface area contributed by atoms with Gasteiger partial charge in [-0.2, -0.15) is 0 Å². The van der Waals surface area contributed by atoms with Crippen LogP contribution in [-0.2, 0) is 11.2 Å². The molecule has 1 N–H and O–H groups in total. The number of aromatic nitrogens is 1. The minimum atomic E-state index is -0.140. The van der Waals surface area contributed by atoms with Crippen LogP contribution in [0.4, 0.5) is 0 Å². The molecule has 0 bridgehead atoms. The van der Waals surface area contributed by atoms with E-state index in [9.17, 15) is 4.79 Å². The van der Waals surface area contributed by atoms with Crippen LogP contribution in [0.2, 0.25) is 0 Å². The predicted molar refractivity (Wildman–Crippen MR) is 86.9 cm³/mol. The summed E-state index contributed by atoms with van der Waals surface area (Å²) in [6.45, 7) is 1.27. The zero-order chi connectivity index (χ0) is 15.6. The van der Waals surface area contributed by atoms with Crippen molar-refractivity contribution < 1.29 is 14.3 Å². The summed E-state index contributed by atoms with van der Waals surface area (Å²) in [6, 6.07) is 7.92. The van der Waals surface area contributed by atoms with Gasteiger partial charge in [-0.15, -0.1) is 11.3 Å². The lowest BCUT2D eigenvalue weighted by atomic mass is 10.0. The molecule has 6 heteroatoms. The van der Waals surface area contributed by atoms with Gasteiger partial charge in [0.15, 0.2) is 0 Å². The van der Waals surface area contributed by atoms with Crippen molar-refractivity contribution in [3.05, 3.63) is 45.9 Å². The van der Waals surface area contributed by atoms with E-state index in [1.807, 2.05) is 29.6 Å². The highest BCUT2D eigenvalue weighted by Gasteiger charge is 2.25. The third-order valence-electron chi connectivity index (χ3n) is 4.17. The normalized spacial score (nSPS) is 23.1. The maximum absolute atomic E-state index is 12.4. The van der Waals surface area contributed by atoms with Gasteiger partial charge in [0, 0.05) is 12.0 Å². The number of carbonyl (C=O) groups is 1. The third-order valence-corrected chi connectivity index (χ3v) is 5.11. The topological polar surface area (TPSA) is 60.5 Å². The number of hydrogen-bond donors (Lipinski definition) is 1. The molecule has 23 heavy (non-hydrogen) atoms. The quantitative estimate of drug-likeness (QED) is 0.940. The Kier molecular flexibility index (Phi) is 4.01. The van der Waals surface area contributed by atoms with Crippen LogP contribution in [0.5, 0.6) is 5.75 Å². The number of rotatable bonds is 3. The Bertz CT molecular complexity index is 709. The monoisotopic (exact) mass is 330 g/mol. The molecular weight excluding hydrogens is 312 g/mol. The number of para-hydroxylation sites is 1. The number of fused-ring (bicyclic) bond motifs is 1. The predicted octanol–water partition coefficient (Wildman–Crippen LogP) is 2.73. The highest BCUT2D eigenvalue weighted by Crippen LogP contribution is 2.30. The fourth-order valence-corrected chi connectivity index (χ4v) is 3.87. The van der Waals surface area contributed by atoms with Crippen molar-refractivity contribution >= 4 is 17.2 Å². The van der Waals surface area contributed by atoms with E-state index in [1.54, 1.807) is 0 Å². The van der Waals surface area contributed by atoms with Gasteiger partial charge in [0.25, 0.3) is 5.91 Å². The molecule has 0 saturated carbocycles. The number of nitrogens with zero attached hydrogens (tertiary/aromatic N) is 1. The summed E-state index contributed by atoms with van der Waals surface area (Å²) in [5.74, 6) is 0.769. The fraction of sp³-hybridized carbons (Fsp3) is 0.412. The zero-order valence-electron chi connectivity index (χ0n) is 12.7. The molecule has 0 radical (unpaired) electrons. The smallest absolute Gasteiger partial charge is 0.271 e. The van der Waals surface area contributed by atoms with Crippen LogP contribution in [-0.4, -0.2) is 30.1 Å². The van der Waals surface area contributed by atoms with Gasteiger partial charge in [0.1, 0.15) is 29.2 Å². The van der Waals surface area contributed by atoms with Crippen LogP contribution in [0.3, 0.4) is 0 Å². The van der Waals surface area contributed by atoms with E-state index >= 15 is 0 Å². The lowest BCUT2D eigenvalue weighted by Crippen LogP contribution is -2.42. The highest BCUT2D eigenvalue weighted by atomic mass is 32.1. The minimum Gasteiger partial charge on any atom is -0.491 e. The fourth-order valence-electron chi connectivity index (χ4n) is 2.99. The SMILES string of the molecule is O=C(N[C@@H]1COc2ccccc2C1)c1csc([C@@H]2CCCO2)n1. The van der Waals surface area contributed by atoms with E-state index in [1.165, 1.54) is 11.3 Å². The summed E-state index contributed by atoms with van der Waals surface area (Å²) in [5, 5.41) is 5.73. The molecule has 0 unspecified atom stereocenters. The van der Waals surface area contributed by atoms with Gasteiger partial charge in [-0.05, 0) is 30.9 Å². The summed E-state index contributed by atoms with van der Waals surface area (Å²) >= 11 is 1.50. The van der Waals surface area contributed by atoms with Crippen LogP contribution in [0, 0.1) is 0 Å². The Morgan fingerprint density at radius 3 is 3.13 bits per heavy atom. The molecule has 5 nitrogen and oxygen atoms in total. The molecule has 1 aromatic carbocycles. The number of benzene rings is 1. The van der Waals surface area contributed by atoms with Gasteiger partial charge in [0.2, 0.25) is 0 Å². The number of carbonyl (C=O) groups excluding carboxylic acids is 1. The molecule has 2 aromatic rings.